The van der Waals surface area contributed by atoms with Gasteiger partial charge in [-0.15, -0.1) is 0 Å². The Bertz CT molecular complexity index is 1310. The highest BCUT2D eigenvalue weighted by molar-refractivity contribution is 5.87. The van der Waals surface area contributed by atoms with Crippen LogP contribution < -0.4 is 14.2 Å². The van der Waals surface area contributed by atoms with Crippen LogP contribution in [0.5, 0.6) is 17.2 Å². The molecule has 1 aliphatic heterocycles. The second kappa shape index (κ2) is 8.59. The van der Waals surface area contributed by atoms with Gasteiger partial charge in [0, 0.05) is 23.7 Å². The molecule has 2 aromatic carbocycles. The minimum atomic E-state index is -0.279. The van der Waals surface area contributed by atoms with Crippen LogP contribution in [0.15, 0.2) is 85.8 Å². The van der Waals surface area contributed by atoms with Crippen LogP contribution in [-0.2, 0) is 0 Å². The standard InChI is InChI=1S/C26H21FN2O3/c1-18-14-26(24-15-20-4-2-11-29(20)17-28-24)32-25-10-9-22(16-23(18)25)31-13-3-12-30-21-7-5-19(27)6-8-21/h2,4-11,14-17H,1,3,12-13H2. The summed E-state index contributed by atoms with van der Waals surface area (Å²) in [7, 11) is 0. The highest BCUT2D eigenvalue weighted by Crippen LogP contribution is 2.38. The van der Waals surface area contributed by atoms with E-state index in [2.05, 4.69) is 11.6 Å². The average molecular weight is 428 g/mol. The molecule has 3 heterocycles. The van der Waals surface area contributed by atoms with E-state index in [0.717, 1.165) is 33.8 Å². The first-order chi connectivity index (χ1) is 15.7. The fraction of sp³-hybridized carbons (Fsp3) is 0.115. The summed E-state index contributed by atoms with van der Waals surface area (Å²) in [6, 6.07) is 17.6. The van der Waals surface area contributed by atoms with Crippen molar-refractivity contribution >= 4 is 16.8 Å². The Hall–Kier alpha value is -4.06. The zero-order valence-electron chi connectivity index (χ0n) is 17.3. The van der Waals surface area contributed by atoms with E-state index in [1.165, 1.54) is 12.1 Å². The van der Waals surface area contributed by atoms with Crippen LogP contribution in [0.25, 0.3) is 16.8 Å². The van der Waals surface area contributed by atoms with Crippen molar-refractivity contribution in [2.45, 2.75) is 6.42 Å². The molecule has 2 aromatic heterocycles. The zero-order chi connectivity index (χ0) is 21.9. The van der Waals surface area contributed by atoms with Gasteiger partial charge in [-0.3, -0.25) is 0 Å². The summed E-state index contributed by atoms with van der Waals surface area (Å²) < 4.78 is 32.4. The van der Waals surface area contributed by atoms with Crippen molar-refractivity contribution in [2.75, 3.05) is 13.2 Å². The number of allylic oxidation sites excluding steroid dienone is 2. The molecule has 0 saturated heterocycles. The van der Waals surface area contributed by atoms with Crippen molar-refractivity contribution in [3.63, 3.8) is 0 Å². The molecule has 0 radical (unpaired) electrons. The Balaban J connectivity index is 1.19. The van der Waals surface area contributed by atoms with Crippen molar-refractivity contribution in [3.05, 3.63) is 103 Å². The number of aromatic nitrogens is 2. The number of ether oxygens (including phenoxy) is 3. The lowest BCUT2D eigenvalue weighted by molar-refractivity contribution is 0.247. The van der Waals surface area contributed by atoms with Gasteiger partial charge in [-0.25, -0.2) is 9.37 Å². The van der Waals surface area contributed by atoms with E-state index in [0.29, 0.717) is 31.1 Å². The largest absolute Gasteiger partial charge is 0.493 e. The lowest BCUT2D eigenvalue weighted by Crippen LogP contribution is -2.07. The number of benzene rings is 2. The van der Waals surface area contributed by atoms with E-state index < -0.39 is 0 Å². The molecule has 0 fully saturated rings. The Labute approximate surface area is 185 Å². The molecule has 0 N–H and O–H groups in total. The summed E-state index contributed by atoms with van der Waals surface area (Å²) in [6.45, 7) is 5.16. The van der Waals surface area contributed by atoms with Crippen molar-refractivity contribution in [1.82, 2.24) is 9.38 Å². The van der Waals surface area contributed by atoms with Gasteiger partial charge >= 0.3 is 0 Å². The summed E-state index contributed by atoms with van der Waals surface area (Å²) in [5.41, 5.74) is 3.52. The maximum Gasteiger partial charge on any atom is 0.153 e. The van der Waals surface area contributed by atoms with Crippen LogP contribution in [-0.4, -0.2) is 22.6 Å². The number of halogens is 1. The Morgan fingerprint density at radius 2 is 1.75 bits per heavy atom. The van der Waals surface area contributed by atoms with Crippen LogP contribution in [0, 0.1) is 5.82 Å². The highest BCUT2D eigenvalue weighted by Gasteiger charge is 2.19. The molecule has 6 heteroatoms. The van der Waals surface area contributed by atoms with E-state index in [-0.39, 0.29) is 5.82 Å². The first-order valence-electron chi connectivity index (χ1n) is 10.3. The van der Waals surface area contributed by atoms with Gasteiger partial charge in [-0.2, -0.15) is 0 Å². The van der Waals surface area contributed by atoms with Gasteiger partial charge in [0.05, 0.1) is 19.5 Å². The third-order valence-electron chi connectivity index (χ3n) is 5.13. The SMILES string of the molecule is C=C1C=C(c2cc3cccn3cn2)Oc2ccc(OCCCOc3ccc(F)cc3)cc21. The van der Waals surface area contributed by atoms with Crippen LogP contribution in [0.1, 0.15) is 17.7 Å². The summed E-state index contributed by atoms with van der Waals surface area (Å²) in [5.74, 6) is 2.48. The third kappa shape index (κ3) is 4.21. The first-order valence-corrected chi connectivity index (χ1v) is 10.3. The van der Waals surface area contributed by atoms with Crippen molar-refractivity contribution in [2.24, 2.45) is 0 Å². The van der Waals surface area contributed by atoms with Gasteiger partial charge in [-0.1, -0.05) is 6.58 Å². The fourth-order valence-electron chi connectivity index (χ4n) is 3.49. The fourth-order valence-corrected chi connectivity index (χ4v) is 3.49. The molecule has 160 valence electrons. The number of hydrogen-bond acceptors (Lipinski definition) is 4. The van der Waals surface area contributed by atoms with E-state index >= 15 is 0 Å². The predicted octanol–water partition coefficient (Wildman–Crippen LogP) is 5.77. The minimum Gasteiger partial charge on any atom is -0.493 e. The molecule has 4 aromatic rings. The maximum atomic E-state index is 12.9. The molecule has 5 rings (SSSR count). The normalized spacial score (nSPS) is 12.8. The Morgan fingerprint density at radius 1 is 0.969 bits per heavy atom. The van der Waals surface area contributed by atoms with Crippen molar-refractivity contribution in [3.8, 4) is 17.2 Å². The second-order valence-corrected chi connectivity index (χ2v) is 7.41. The van der Waals surface area contributed by atoms with Crippen molar-refractivity contribution < 1.29 is 18.6 Å². The van der Waals surface area contributed by atoms with Gasteiger partial charge in [0.25, 0.3) is 0 Å². The second-order valence-electron chi connectivity index (χ2n) is 7.41. The number of rotatable bonds is 7. The van der Waals surface area contributed by atoms with Crippen LogP contribution >= 0.6 is 0 Å². The third-order valence-corrected chi connectivity index (χ3v) is 5.13. The molecular weight excluding hydrogens is 407 g/mol. The molecule has 0 unspecified atom stereocenters. The highest BCUT2D eigenvalue weighted by atomic mass is 19.1. The maximum absolute atomic E-state index is 12.9. The van der Waals surface area contributed by atoms with E-state index in [9.17, 15) is 4.39 Å². The van der Waals surface area contributed by atoms with Gasteiger partial charge in [0.15, 0.2) is 5.76 Å². The number of hydrogen-bond donors (Lipinski definition) is 0. The topological polar surface area (TPSA) is 45.0 Å². The van der Waals surface area contributed by atoms with Gasteiger partial charge < -0.3 is 18.6 Å². The minimum absolute atomic E-state index is 0.279. The van der Waals surface area contributed by atoms with E-state index in [1.54, 1.807) is 18.5 Å². The van der Waals surface area contributed by atoms with Gasteiger partial charge in [0.1, 0.15) is 28.8 Å². The molecule has 1 aliphatic rings. The first kappa shape index (κ1) is 19.9. The lowest BCUT2D eigenvalue weighted by atomic mass is 10.0. The number of nitrogens with zero attached hydrogens (tertiary/aromatic N) is 2. The lowest BCUT2D eigenvalue weighted by Gasteiger charge is -2.20. The predicted molar refractivity (Wildman–Crippen MR) is 121 cm³/mol. The number of fused-ring (bicyclic) bond motifs is 2. The van der Waals surface area contributed by atoms with E-state index in [1.807, 2.05) is 53.1 Å². The Morgan fingerprint density at radius 3 is 2.59 bits per heavy atom. The smallest absolute Gasteiger partial charge is 0.153 e. The Kier molecular flexibility index (Phi) is 5.34. The summed E-state index contributed by atoms with van der Waals surface area (Å²) >= 11 is 0. The summed E-state index contributed by atoms with van der Waals surface area (Å²) in [6.07, 6.45) is 6.31. The van der Waals surface area contributed by atoms with Crippen LogP contribution in [0.3, 0.4) is 0 Å². The zero-order valence-corrected chi connectivity index (χ0v) is 17.3. The molecule has 0 saturated carbocycles. The molecule has 0 spiro atoms. The van der Waals surface area contributed by atoms with Gasteiger partial charge in [-0.05, 0) is 72.3 Å². The quantitative estimate of drug-likeness (QED) is 0.351. The summed E-state index contributed by atoms with van der Waals surface area (Å²) in [5, 5.41) is 0. The monoisotopic (exact) mass is 428 g/mol. The average Bonchev–Trinajstić information content (AvgIpc) is 3.28. The molecule has 0 aliphatic carbocycles. The van der Waals surface area contributed by atoms with Crippen LogP contribution in [0.4, 0.5) is 4.39 Å². The summed E-state index contributed by atoms with van der Waals surface area (Å²) in [4.78, 5) is 4.49. The molecule has 32 heavy (non-hydrogen) atoms. The van der Waals surface area contributed by atoms with Crippen molar-refractivity contribution in [1.29, 1.82) is 0 Å². The van der Waals surface area contributed by atoms with E-state index in [4.69, 9.17) is 14.2 Å². The molecule has 0 amide bonds. The van der Waals surface area contributed by atoms with Crippen LogP contribution in [0.2, 0.25) is 0 Å². The molecule has 5 nitrogen and oxygen atoms in total. The molecule has 0 bridgehead atoms. The molecule has 0 atom stereocenters. The van der Waals surface area contributed by atoms with Gasteiger partial charge in [0.2, 0.25) is 0 Å². The molecular formula is C26H21FN2O3.